The van der Waals surface area contributed by atoms with E-state index < -0.39 is 12.1 Å². The maximum absolute atomic E-state index is 15.5. The first-order valence-corrected chi connectivity index (χ1v) is 13.4. The van der Waals surface area contributed by atoms with Gasteiger partial charge in [0.1, 0.15) is 18.2 Å². The molecule has 4 rings (SSSR count). The summed E-state index contributed by atoms with van der Waals surface area (Å²) < 4.78 is 20.8. The monoisotopic (exact) mass is 512 g/mol. The molecule has 192 valence electrons. The van der Waals surface area contributed by atoms with E-state index in [-0.39, 0.29) is 18.3 Å². The molecule has 9 heteroatoms. The Bertz CT molecular complexity index is 1140. The van der Waals surface area contributed by atoms with Crippen LogP contribution in [0.4, 0.5) is 4.39 Å². The number of pyridine rings is 1. The lowest BCUT2D eigenvalue weighted by Crippen LogP contribution is -2.42. The molecule has 1 aliphatic heterocycles. The summed E-state index contributed by atoms with van der Waals surface area (Å²) >= 11 is 1.73. The number of carbonyl (C=O) groups is 1. The highest BCUT2D eigenvalue weighted by Crippen LogP contribution is 2.36. The van der Waals surface area contributed by atoms with Gasteiger partial charge in [0, 0.05) is 41.8 Å². The minimum atomic E-state index is -1.13. The number of hydrogen-bond acceptors (Lipinski definition) is 7. The van der Waals surface area contributed by atoms with Gasteiger partial charge < -0.3 is 14.7 Å². The average Bonchev–Trinajstić information content (AvgIpc) is 2.90. The van der Waals surface area contributed by atoms with E-state index in [1.54, 1.807) is 31.1 Å². The van der Waals surface area contributed by atoms with E-state index in [0.717, 1.165) is 54.0 Å². The third-order valence-electron chi connectivity index (χ3n) is 6.95. The highest BCUT2D eigenvalue weighted by atomic mass is 32.2. The first-order chi connectivity index (χ1) is 17.5. The van der Waals surface area contributed by atoms with Crippen LogP contribution in [0, 0.1) is 11.8 Å². The number of fused-ring (bicyclic) bond motifs is 1. The number of alkyl halides is 1. The number of halogens is 1. The second-order valence-corrected chi connectivity index (χ2v) is 10.5. The lowest BCUT2D eigenvalue weighted by molar-refractivity contribution is -0.139. The number of aromatic nitrogens is 3. The average molecular weight is 513 g/mol. The molecular formula is C27H33FN4O3S. The van der Waals surface area contributed by atoms with Gasteiger partial charge in [0.15, 0.2) is 0 Å². The fourth-order valence-corrected chi connectivity index (χ4v) is 5.88. The van der Waals surface area contributed by atoms with E-state index in [0.29, 0.717) is 24.2 Å². The van der Waals surface area contributed by atoms with Gasteiger partial charge in [-0.25, -0.2) is 14.4 Å². The lowest BCUT2D eigenvalue weighted by Gasteiger charge is -2.38. The fourth-order valence-electron chi connectivity index (χ4n) is 5.10. The first kappa shape index (κ1) is 26.3. The Morgan fingerprint density at radius 1 is 1.28 bits per heavy atom. The standard InChI is InChI=1S/C27H33FN4O3S/c1-35-21-4-6-26-24(14-21)23(7-9-31-26)25(28)5-3-19-8-11-32(17-20(19)13-27(33)34)10-2-12-36-22-15-29-18-30-16-22/h4,6-7,9,14-16,18-20,25H,2-3,5,8,10-13,17H2,1H3,(H,33,34)/t19-,20+,25-/m1/s1. The molecule has 7 nitrogen and oxygen atoms in total. The minimum Gasteiger partial charge on any atom is -0.497 e. The predicted molar refractivity (Wildman–Crippen MR) is 139 cm³/mol. The Morgan fingerprint density at radius 2 is 2.11 bits per heavy atom. The molecule has 0 amide bonds. The van der Waals surface area contributed by atoms with Gasteiger partial charge in [-0.05, 0) is 86.2 Å². The van der Waals surface area contributed by atoms with Crippen LogP contribution < -0.4 is 4.74 Å². The third kappa shape index (κ3) is 7.13. The summed E-state index contributed by atoms with van der Waals surface area (Å²) in [5.41, 5.74) is 1.36. The fraction of sp³-hybridized carbons (Fsp3) is 0.481. The Morgan fingerprint density at radius 3 is 2.89 bits per heavy atom. The van der Waals surface area contributed by atoms with Gasteiger partial charge in [-0.2, -0.15) is 0 Å². The van der Waals surface area contributed by atoms with Crippen molar-refractivity contribution in [2.75, 3.05) is 32.5 Å². The van der Waals surface area contributed by atoms with Crippen LogP contribution in [0.2, 0.25) is 0 Å². The van der Waals surface area contributed by atoms with E-state index in [1.807, 2.05) is 30.6 Å². The highest BCUT2D eigenvalue weighted by Gasteiger charge is 2.31. The number of piperidine rings is 1. The largest absolute Gasteiger partial charge is 0.497 e. The Balaban J connectivity index is 1.31. The number of carboxylic acids is 1. The minimum absolute atomic E-state index is 0.0351. The SMILES string of the molecule is COc1ccc2nccc([C@H](F)CC[C@@H]3CCN(CCCSc4cncnc4)C[C@@H]3CC(=O)O)c2c1. The number of thioether (sulfide) groups is 1. The zero-order valence-corrected chi connectivity index (χ0v) is 21.4. The maximum atomic E-state index is 15.5. The number of rotatable bonds is 12. The van der Waals surface area contributed by atoms with Crippen molar-refractivity contribution in [3.8, 4) is 5.75 Å². The Labute approximate surface area is 215 Å². The summed E-state index contributed by atoms with van der Waals surface area (Å²) in [5, 5.41) is 10.3. The van der Waals surface area contributed by atoms with Crippen molar-refractivity contribution in [2.24, 2.45) is 11.8 Å². The van der Waals surface area contributed by atoms with Crippen LogP contribution in [-0.2, 0) is 4.79 Å². The van der Waals surface area contributed by atoms with Crippen molar-refractivity contribution < 1.29 is 19.0 Å². The van der Waals surface area contributed by atoms with Crippen LogP contribution in [-0.4, -0.2) is 63.4 Å². The molecule has 3 atom stereocenters. The van der Waals surface area contributed by atoms with Crippen molar-refractivity contribution in [2.45, 2.75) is 43.2 Å². The molecule has 0 bridgehead atoms. The molecule has 3 heterocycles. The summed E-state index contributed by atoms with van der Waals surface area (Å²) in [6.07, 6.45) is 8.74. The molecule has 0 saturated carbocycles. The van der Waals surface area contributed by atoms with E-state index >= 15 is 4.39 Å². The van der Waals surface area contributed by atoms with Gasteiger partial charge in [0.05, 0.1) is 12.6 Å². The third-order valence-corrected chi connectivity index (χ3v) is 7.98. The number of methoxy groups -OCH3 is 1. The molecule has 36 heavy (non-hydrogen) atoms. The van der Waals surface area contributed by atoms with E-state index in [1.165, 1.54) is 6.33 Å². The van der Waals surface area contributed by atoms with Crippen molar-refractivity contribution in [3.63, 3.8) is 0 Å². The number of ether oxygens (including phenoxy) is 1. The number of hydrogen-bond donors (Lipinski definition) is 1. The molecule has 1 saturated heterocycles. The quantitative estimate of drug-likeness (QED) is 0.254. The summed E-state index contributed by atoms with van der Waals surface area (Å²) in [6.45, 7) is 2.61. The van der Waals surface area contributed by atoms with Crippen LogP contribution in [0.25, 0.3) is 10.9 Å². The van der Waals surface area contributed by atoms with E-state index in [4.69, 9.17) is 4.74 Å². The van der Waals surface area contributed by atoms with Crippen molar-refractivity contribution >= 4 is 28.6 Å². The number of likely N-dealkylation sites (tertiary alicyclic amines) is 1. The molecule has 1 aromatic carbocycles. The van der Waals surface area contributed by atoms with Gasteiger partial charge in [-0.15, -0.1) is 11.8 Å². The molecule has 0 unspecified atom stereocenters. The number of carboxylic acid groups (broad SMARTS) is 1. The molecule has 2 aromatic heterocycles. The van der Waals surface area contributed by atoms with Crippen LogP contribution in [0.5, 0.6) is 5.75 Å². The van der Waals surface area contributed by atoms with Gasteiger partial charge in [0.25, 0.3) is 0 Å². The first-order valence-electron chi connectivity index (χ1n) is 12.4. The summed E-state index contributed by atoms with van der Waals surface area (Å²) in [4.78, 5) is 27.4. The van der Waals surface area contributed by atoms with Crippen molar-refractivity contribution in [1.29, 1.82) is 0 Å². The summed E-state index contributed by atoms with van der Waals surface area (Å²) in [7, 11) is 1.59. The van der Waals surface area contributed by atoms with Gasteiger partial charge in [-0.1, -0.05) is 0 Å². The molecule has 3 aromatic rings. The highest BCUT2D eigenvalue weighted by molar-refractivity contribution is 7.99. The molecule has 0 aliphatic carbocycles. The van der Waals surface area contributed by atoms with Crippen LogP contribution in [0.15, 0.2) is 54.1 Å². The van der Waals surface area contributed by atoms with E-state index in [9.17, 15) is 9.90 Å². The van der Waals surface area contributed by atoms with Crippen molar-refractivity contribution in [3.05, 3.63) is 54.7 Å². The van der Waals surface area contributed by atoms with Crippen LogP contribution in [0.3, 0.4) is 0 Å². The van der Waals surface area contributed by atoms with Gasteiger partial charge in [-0.3, -0.25) is 9.78 Å². The zero-order valence-electron chi connectivity index (χ0n) is 20.6. The molecule has 1 aliphatic rings. The maximum Gasteiger partial charge on any atom is 0.303 e. The van der Waals surface area contributed by atoms with Gasteiger partial charge in [0.2, 0.25) is 0 Å². The number of aliphatic carboxylic acids is 1. The molecule has 0 spiro atoms. The topological polar surface area (TPSA) is 88.4 Å². The predicted octanol–water partition coefficient (Wildman–Crippen LogP) is 5.42. The van der Waals surface area contributed by atoms with Gasteiger partial charge >= 0.3 is 5.97 Å². The summed E-state index contributed by atoms with van der Waals surface area (Å²) in [6, 6.07) is 7.24. The molecular weight excluding hydrogens is 479 g/mol. The second-order valence-electron chi connectivity index (χ2n) is 9.31. The van der Waals surface area contributed by atoms with Crippen LogP contribution >= 0.6 is 11.8 Å². The van der Waals surface area contributed by atoms with E-state index in [2.05, 4.69) is 19.9 Å². The zero-order chi connectivity index (χ0) is 25.3. The summed E-state index contributed by atoms with van der Waals surface area (Å²) in [5.74, 6) is 1.09. The lowest BCUT2D eigenvalue weighted by atomic mass is 9.79. The molecule has 1 N–H and O–H groups in total. The Hall–Kier alpha value is -2.78. The number of nitrogens with zero attached hydrogens (tertiary/aromatic N) is 4. The Kier molecular flexibility index (Phi) is 9.47. The normalized spacial score (nSPS) is 19.3. The molecule has 0 radical (unpaired) electrons. The van der Waals surface area contributed by atoms with Crippen LogP contribution in [0.1, 0.15) is 43.8 Å². The smallest absolute Gasteiger partial charge is 0.303 e. The number of benzene rings is 1. The second kappa shape index (κ2) is 13.0. The molecule has 1 fully saturated rings. The van der Waals surface area contributed by atoms with Crippen molar-refractivity contribution in [1.82, 2.24) is 19.9 Å².